The van der Waals surface area contributed by atoms with Crippen LogP contribution < -0.4 is 10.2 Å². The van der Waals surface area contributed by atoms with E-state index in [0.29, 0.717) is 0 Å². The minimum absolute atomic E-state index is 0.855. The zero-order valence-corrected chi connectivity index (χ0v) is 12.2. The molecule has 0 spiro atoms. The van der Waals surface area contributed by atoms with Gasteiger partial charge in [0.2, 0.25) is 0 Å². The Morgan fingerprint density at radius 2 is 2.10 bits per heavy atom. The molecule has 4 heteroatoms. The van der Waals surface area contributed by atoms with Gasteiger partial charge in [0.05, 0.1) is 0 Å². The Labute approximate surface area is 120 Å². The van der Waals surface area contributed by atoms with Crippen LogP contribution in [0.5, 0.6) is 0 Å². The summed E-state index contributed by atoms with van der Waals surface area (Å²) in [5.74, 6) is 0. The number of nitrogens with zero attached hydrogens (tertiary/aromatic N) is 3. The molecule has 0 unspecified atom stereocenters. The minimum atomic E-state index is 0.855. The molecule has 2 heterocycles. The van der Waals surface area contributed by atoms with Crippen molar-refractivity contribution in [3.8, 4) is 0 Å². The van der Waals surface area contributed by atoms with E-state index in [4.69, 9.17) is 0 Å². The molecule has 106 valence electrons. The summed E-state index contributed by atoms with van der Waals surface area (Å²) in [6.45, 7) is 4.88. The van der Waals surface area contributed by atoms with Crippen molar-refractivity contribution in [1.82, 2.24) is 15.3 Å². The lowest BCUT2D eigenvalue weighted by atomic mass is 10.2. The third-order valence-electron chi connectivity index (χ3n) is 3.28. The third-order valence-corrected chi connectivity index (χ3v) is 3.28. The molecule has 2 aromatic heterocycles. The first-order chi connectivity index (χ1) is 9.81. The molecule has 1 N–H and O–H groups in total. The molecule has 20 heavy (non-hydrogen) atoms. The van der Waals surface area contributed by atoms with Crippen molar-refractivity contribution >= 4 is 5.69 Å². The van der Waals surface area contributed by atoms with Crippen LogP contribution >= 0.6 is 0 Å². The molecule has 4 nitrogen and oxygen atoms in total. The number of hydrogen-bond acceptors (Lipinski definition) is 4. The smallest absolute Gasteiger partial charge is 0.0440 e. The number of likely N-dealkylation sites (N-methyl/N-ethyl adjacent to an activating group) is 1. The molecule has 0 aromatic carbocycles. The summed E-state index contributed by atoms with van der Waals surface area (Å²) in [5.41, 5.74) is 3.59. The lowest BCUT2D eigenvalue weighted by Crippen LogP contribution is -2.23. The van der Waals surface area contributed by atoms with Crippen LogP contribution in [0, 0.1) is 0 Å². The van der Waals surface area contributed by atoms with Gasteiger partial charge in [-0.25, -0.2) is 0 Å². The average molecular weight is 270 g/mol. The van der Waals surface area contributed by atoms with Crippen LogP contribution in [0.15, 0.2) is 42.9 Å². The van der Waals surface area contributed by atoms with Gasteiger partial charge in [0.25, 0.3) is 0 Å². The van der Waals surface area contributed by atoms with Crippen molar-refractivity contribution < 1.29 is 0 Å². The number of anilines is 1. The first kappa shape index (κ1) is 14.5. The fourth-order valence-electron chi connectivity index (χ4n) is 2.14. The molecule has 0 radical (unpaired) electrons. The number of pyridine rings is 2. The third kappa shape index (κ3) is 4.03. The van der Waals surface area contributed by atoms with E-state index >= 15 is 0 Å². The van der Waals surface area contributed by atoms with Gasteiger partial charge in [-0.05, 0) is 24.7 Å². The van der Waals surface area contributed by atoms with Crippen molar-refractivity contribution in [3.05, 3.63) is 54.1 Å². The summed E-state index contributed by atoms with van der Waals surface area (Å²) < 4.78 is 0. The number of aromatic nitrogens is 2. The summed E-state index contributed by atoms with van der Waals surface area (Å²) >= 11 is 0. The molecule has 0 fully saturated rings. The predicted octanol–water partition coefficient (Wildman–Crippen LogP) is 2.27. The van der Waals surface area contributed by atoms with Crippen LogP contribution in [0.3, 0.4) is 0 Å². The van der Waals surface area contributed by atoms with Gasteiger partial charge in [-0.3, -0.25) is 9.97 Å². The summed E-state index contributed by atoms with van der Waals surface area (Å²) in [6.07, 6.45) is 6.58. The highest BCUT2D eigenvalue weighted by Gasteiger charge is 2.07. The molecule has 0 aliphatic heterocycles. The summed E-state index contributed by atoms with van der Waals surface area (Å²) in [4.78, 5) is 10.9. The van der Waals surface area contributed by atoms with E-state index in [1.165, 1.54) is 11.3 Å². The highest BCUT2D eigenvalue weighted by Crippen LogP contribution is 2.18. The van der Waals surface area contributed by atoms with Gasteiger partial charge < -0.3 is 10.2 Å². The Morgan fingerprint density at radius 1 is 1.20 bits per heavy atom. The van der Waals surface area contributed by atoms with E-state index in [1.54, 1.807) is 0 Å². The van der Waals surface area contributed by atoms with Gasteiger partial charge in [-0.2, -0.15) is 0 Å². The SMILES string of the molecule is CCNCc1cnccc1N(C)CCc1ccccn1. The molecule has 0 saturated heterocycles. The van der Waals surface area contributed by atoms with Crippen LogP contribution in [-0.4, -0.2) is 30.1 Å². The lowest BCUT2D eigenvalue weighted by Gasteiger charge is -2.22. The Balaban J connectivity index is 1.99. The number of rotatable bonds is 7. The summed E-state index contributed by atoms with van der Waals surface area (Å²) in [5, 5.41) is 3.35. The predicted molar refractivity (Wildman–Crippen MR) is 82.8 cm³/mol. The molecule has 0 aliphatic rings. The average Bonchev–Trinajstić information content (AvgIpc) is 2.52. The maximum atomic E-state index is 4.37. The highest BCUT2D eigenvalue weighted by atomic mass is 15.1. The molecule has 0 saturated carbocycles. The molecule has 0 amide bonds. The standard InChI is InChI=1S/C16H22N4/c1-3-17-12-14-13-18-10-7-16(14)20(2)11-8-15-6-4-5-9-19-15/h4-7,9-10,13,17H,3,8,11-12H2,1-2H3. The van der Waals surface area contributed by atoms with Crippen LogP contribution in [0.1, 0.15) is 18.2 Å². The van der Waals surface area contributed by atoms with E-state index in [0.717, 1.165) is 31.7 Å². The molecule has 0 atom stereocenters. The van der Waals surface area contributed by atoms with Crippen molar-refractivity contribution in [3.63, 3.8) is 0 Å². The van der Waals surface area contributed by atoms with E-state index < -0.39 is 0 Å². The molecular weight excluding hydrogens is 248 g/mol. The van der Waals surface area contributed by atoms with Gasteiger partial charge in [-0.1, -0.05) is 13.0 Å². The molecule has 0 bridgehead atoms. The zero-order valence-electron chi connectivity index (χ0n) is 12.2. The maximum Gasteiger partial charge on any atom is 0.0440 e. The number of nitrogens with one attached hydrogen (secondary N) is 1. The zero-order chi connectivity index (χ0) is 14.2. The molecule has 2 aromatic rings. The summed E-state index contributed by atoms with van der Waals surface area (Å²) in [7, 11) is 2.12. The Hall–Kier alpha value is -1.94. The van der Waals surface area contributed by atoms with Gasteiger partial charge in [-0.15, -0.1) is 0 Å². The minimum Gasteiger partial charge on any atom is -0.374 e. The van der Waals surface area contributed by atoms with Gasteiger partial charge >= 0.3 is 0 Å². The van der Waals surface area contributed by atoms with Crippen molar-refractivity contribution in [2.75, 3.05) is 25.0 Å². The van der Waals surface area contributed by atoms with Crippen molar-refractivity contribution in [1.29, 1.82) is 0 Å². The van der Waals surface area contributed by atoms with Crippen LogP contribution in [0.25, 0.3) is 0 Å². The van der Waals surface area contributed by atoms with Crippen LogP contribution in [0.4, 0.5) is 5.69 Å². The second kappa shape index (κ2) is 7.60. The van der Waals surface area contributed by atoms with Crippen LogP contribution in [-0.2, 0) is 13.0 Å². The Morgan fingerprint density at radius 3 is 2.85 bits per heavy atom. The normalized spacial score (nSPS) is 10.5. The molecule has 0 aliphatic carbocycles. The van der Waals surface area contributed by atoms with Gasteiger partial charge in [0.1, 0.15) is 0 Å². The Kier molecular flexibility index (Phi) is 5.50. The fourth-order valence-corrected chi connectivity index (χ4v) is 2.14. The number of hydrogen-bond donors (Lipinski definition) is 1. The summed E-state index contributed by atoms with van der Waals surface area (Å²) in [6, 6.07) is 8.13. The van der Waals surface area contributed by atoms with E-state index in [2.05, 4.69) is 46.3 Å². The fraction of sp³-hybridized carbons (Fsp3) is 0.375. The van der Waals surface area contributed by atoms with Gasteiger partial charge in [0, 0.05) is 62.1 Å². The first-order valence-electron chi connectivity index (χ1n) is 7.06. The largest absolute Gasteiger partial charge is 0.374 e. The second-order valence-electron chi connectivity index (χ2n) is 4.78. The lowest BCUT2D eigenvalue weighted by molar-refractivity contribution is 0.719. The Bertz CT molecular complexity index is 513. The van der Waals surface area contributed by atoms with E-state index in [-0.39, 0.29) is 0 Å². The first-order valence-corrected chi connectivity index (χ1v) is 7.06. The van der Waals surface area contributed by atoms with E-state index in [9.17, 15) is 0 Å². The highest BCUT2D eigenvalue weighted by molar-refractivity contribution is 5.51. The second-order valence-corrected chi connectivity index (χ2v) is 4.78. The van der Waals surface area contributed by atoms with E-state index in [1.807, 2.05) is 30.7 Å². The van der Waals surface area contributed by atoms with Crippen molar-refractivity contribution in [2.45, 2.75) is 19.9 Å². The monoisotopic (exact) mass is 270 g/mol. The molecule has 2 rings (SSSR count). The molecular formula is C16H22N4. The quantitative estimate of drug-likeness (QED) is 0.838. The van der Waals surface area contributed by atoms with Gasteiger partial charge in [0.15, 0.2) is 0 Å². The van der Waals surface area contributed by atoms with Crippen LogP contribution in [0.2, 0.25) is 0 Å². The maximum absolute atomic E-state index is 4.37. The topological polar surface area (TPSA) is 41.1 Å². The van der Waals surface area contributed by atoms with Crippen molar-refractivity contribution in [2.24, 2.45) is 0 Å².